The number of nitrogen functional groups attached to an aromatic ring is 1. The van der Waals surface area contributed by atoms with Crippen LogP contribution in [0.25, 0.3) is 0 Å². The van der Waals surface area contributed by atoms with Crippen molar-refractivity contribution in [2.75, 3.05) is 10.5 Å². The SMILES string of the molecule is Cc1cc(N)ccc1NS(=O)(=O)c1ccccc1C. The molecule has 0 amide bonds. The minimum absolute atomic E-state index is 0.284. The van der Waals surface area contributed by atoms with E-state index in [1.807, 2.05) is 13.0 Å². The second-order valence-electron chi connectivity index (χ2n) is 4.45. The highest BCUT2D eigenvalue weighted by atomic mass is 32.2. The summed E-state index contributed by atoms with van der Waals surface area (Å²) in [5.41, 5.74) is 8.30. The third-order valence-electron chi connectivity index (χ3n) is 2.88. The molecule has 0 spiro atoms. The maximum absolute atomic E-state index is 12.3. The molecule has 0 atom stereocenters. The average molecular weight is 276 g/mol. The summed E-state index contributed by atoms with van der Waals surface area (Å²) in [4.78, 5) is 0.284. The molecule has 0 heterocycles. The number of benzene rings is 2. The Kier molecular flexibility index (Phi) is 3.48. The van der Waals surface area contributed by atoms with Gasteiger partial charge in [-0.3, -0.25) is 4.72 Å². The highest BCUT2D eigenvalue weighted by molar-refractivity contribution is 7.92. The number of nitrogens with two attached hydrogens (primary N) is 1. The lowest BCUT2D eigenvalue weighted by Crippen LogP contribution is -2.15. The minimum Gasteiger partial charge on any atom is -0.399 e. The minimum atomic E-state index is -3.57. The van der Waals surface area contributed by atoms with Gasteiger partial charge in [-0.1, -0.05) is 18.2 Å². The summed E-state index contributed by atoms with van der Waals surface area (Å²) in [6.45, 7) is 3.58. The zero-order valence-corrected chi connectivity index (χ0v) is 11.7. The summed E-state index contributed by atoms with van der Waals surface area (Å²) in [5.74, 6) is 0. The lowest BCUT2D eigenvalue weighted by Gasteiger charge is -2.12. The van der Waals surface area contributed by atoms with Crippen LogP contribution >= 0.6 is 0 Å². The van der Waals surface area contributed by atoms with Gasteiger partial charge in [-0.05, 0) is 49.2 Å². The van der Waals surface area contributed by atoms with Crippen LogP contribution in [0.15, 0.2) is 47.4 Å². The van der Waals surface area contributed by atoms with Crippen molar-refractivity contribution in [2.24, 2.45) is 0 Å². The van der Waals surface area contributed by atoms with Gasteiger partial charge in [-0.15, -0.1) is 0 Å². The average Bonchev–Trinajstić information content (AvgIpc) is 2.33. The number of hydrogen-bond acceptors (Lipinski definition) is 3. The number of hydrogen-bond donors (Lipinski definition) is 2. The van der Waals surface area contributed by atoms with Gasteiger partial charge in [0.1, 0.15) is 0 Å². The quantitative estimate of drug-likeness (QED) is 0.847. The first kappa shape index (κ1) is 13.4. The molecule has 0 saturated carbocycles. The number of rotatable bonds is 3. The Labute approximate surface area is 113 Å². The molecule has 100 valence electrons. The Bertz CT molecular complexity index is 709. The van der Waals surface area contributed by atoms with Crippen LogP contribution in [-0.4, -0.2) is 8.42 Å². The Morgan fingerprint density at radius 2 is 1.68 bits per heavy atom. The van der Waals surface area contributed by atoms with Gasteiger partial charge < -0.3 is 5.73 Å². The molecule has 0 aliphatic heterocycles. The van der Waals surface area contributed by atoms with Crippen molar-refractivity contribution in [1.29, 1.82) is 0 Å². The topological polar surface area (TPSA) is 72.2 Å². The van der Waals surface area contributed by atoms with Crippen LogP contribution in [0.3, 0.4) is 0 Å². The molecule has 0 saturated heterocycles. The largest absolute Gasteiger partial charge is 0.399 e. The van der Waals surface area contributed by atoms with E-state index in [2.05, 4.69) is 4.72 Å². The summed E-state index contributed by atoms with van der Waals surface area (Å²) in [6.07, 6.45) is 0. The molecule has 0 aliphatic carbocycles. The molecule has 0 fully saturated rings. The van der Waals surface area contributed by atoms with Crippen molar-refractivity contribution in [3.63, 3.8) is 0 Å². The summed E-state index contributed by atoms with van der Waals surface area (Å²) in [5, 5.41) is 0. The number of sulfonamides is 1. The molecule has 0 bridgehead atoms. The summed E-state index contributed by atoms with van der Waals surface area (Å²) < 4.78 is 27.2. The zero-order valence-electron chi connectivity index (χ0n) is 10.8. The lowest BCUT2D eigenvalue weighted by atomic mass is 10.2. The molecule has 2 aromatic carbocycles. The molecular formula is C14H16N2O2S. The molecule has 0 aliphatic rings. The molecule has 3 N–H and O–H groups in total. The van der Waals surface area contributed by atoms with E-state index in [1.54, 1.807) is 43.3 Å². The van der Waals surface area contributed by atoms with E-state index in [1.165, 1.54) is 0 Å². The van der Waals surface area contributed by atoms with Crippen LogP contribution in [0, 0.1) is 13.8 Å². The molecule has 5 heteroatoms. The van der Waals surface area contributed by atoms with Gasteiger partial charge in [0.15, 0.2) is 0 Å². The molecule has 19 heavy (non-hydrogen) atoms. The normalized spacial score (nSPS) is 11.3. The second kappa shape index (κ2) is 4.93. The molecule has 0 aromatic heterocycles. The predicted molar refractivity (Wildman–Crippen MR) is 77.6 cm³/mol. The lowest BCUT2D eigenvalue weighted by molar-refractivity contribution is 0.600. The first-order valence-corrected chi connectivity index (χ1v) is 7.33. The predicted octanol–water partition coefficient (Wildman–Crippen LogP) is 2.69. The number of anilines is 2. The monoisotopic (exact) mass is 276 g/mol. The Morgan fingerprint density at radius 1 is 1.00 bits per heavy atom. The van der Waals surface area contributed by atoms with Crippen LogP contribution < -0.4 is 10.5 Å². The van der Waals surface area contributed by atoms with Gasteiger partial charge in [0, 0.05) is 5.69 Å². The van der Waals surface area contributed by atoms with Gasteiger partial charge >= 0.3 is 0 Å². The van der Waals surface area contributed by atoms with E-state index < -0.39 is 10.0 Å². The van der Waals surface area contributed by atoms with E-state index >= 15 is 0 Å². The highest BCUT2D eigenvalue weighted by Crippen LogP contribution is 2.23. The van der Waals surface area contributed by atoms with E-state index in [0.29, 0.717) is 16.9 Å². The molecular weight excluding hydrogens is 260 g/mol. The summed E-state index contributed by atoms with van der Waals surface area (Å²) in [6, 6.07) is 11.9. The molecule has 4 nitrogen and oxygen atoms in total. The van der Waals surface area contributed by atoms with Gasteiger partial charge in [0.05, 0.1) is 10.6 Å². The zero-order chi connectivity index (χ0) is 14.0. The van der Waals surface area contributed by atoms with Crippen LogP contribution in [0.4, 0.5) is 11.4 Å². The van der Waals surface area contributed by atoms with Crippen molar-refractivity contribution in [3.05, 3.63) is 53.6 Å². The van der Waals surface area contributed by atoms with Crippen molar-refractivity contribution >= 4 is 21.4 Å². The Hall–Kier alpha value is -2.01. The first-order chi connectivity index (χ1) is 8.90. The molecule has 2 aromatic rings. The standard InChI is InChI=1S/C14H16N2O2S/c1-10-5-3-4-6-14(10)19(17,18)16-13-8-7-12(15)9-11(13)2/h3-9,16H,15H2,1-2H3. The molecule has 0 radical (unpaired) electrons. The van der Waals surface area contributed by atoms with Gasteiger partial charge in [-0.2, -0.15) is 0 Å². The fourth-order valence-electron chi connectivity index (χ4n) is 1.86. The van der Waals surface area contributed by atoms with E-state index in [-0.39, 0.29) is 4.90 Å². The molecule has 2 rings (SSSR count). The van der Waals surface area contributed by atoms with Crippen molar-refractivity contribution < 1.29 is 8.42 Å². The van der Waals surface area contributed by atoms with Crippen LogP contribution in [0.1, 0.15) is 11.1 Å². The number of aryl methyl sites for hydroxylation is 2. The van der Waals surface area contributed by atoms with Gasteiger partial charge in [-0.25, -0.2) is 8.42 Å². The fourth-order valence-corrected chi connectivity index (χ4v) is 3.24. The second-order valence-corrected chi connectivity index (χ2v) is 6.10. The van der Waals surface area contributed by atoms with Crippen LogP contribution in [0.2, 0.25) is 0 Å². The maximum Gasteiger partial charge on any atom is 0.262 e. The smallest absolute Gasteiger partial charge is 0.262 e. The van der Waals surface area contributed by atoms with E-state index in [9.17, 15) is 8.42 Å². The number of nitrogens with one attached hydrogen (secondary N) is 1. The first-order valence-electron chi connectivity index (χ1n) is 5.85. The van der Waals surface area contributed by atoms with Crippen molar-refractivity contribution in [3.8, 4) is 0 Å². The highest BCUT2D eigenvalue weighted by Gasteiger charge is 2.17. The summed E-state index contributed by atoms with van der Waals surface area (Å²) in [7, 11) is -3.57. The maximum atomic E-state index is 12.3. The van der Waals surface area contributed by atoms with Gasteiger partial charge in [0.2, 0.25) is 0 Å². The van der Waals surface area contributed by atoms with Crippen molar-refractivity contribution in [1.82, 2.24) is 0 Å². The van der Waals surface area contributed by atoms with Gasteiger partial charge in [0.25, 0.3) is 10.0 Å². The van der Waals surface area contributed by atoms with E-state index in [0.717, 1.165) is 5.56 Å². The fraction of sp³-hybridized carbons (Fsp3) is 0.143. The third kappa shape index (κ3) is 2.88. The third-order valence-corrected chi connectivity index (χ3v) is 4.40. The Morgan fingerprint density at radius 3 is 2.32 bits per heavy atom. The molecule has 0 unspecified atom stereocenters. The summed E-state index contributed by atoms with van der Waals surface area (Å²) >= 11 is 0. The van der Waals surface area contributed by atoms with Crippen LogP contribution in [-0.2, 0) is 10.0 Å². The van der Waals surface area contributed by atoms with Crippen LogP contribution in [0.5, 0.6) is 0 Å². The van der Waals surface area contributed by atoms with Crippen molar-refractivity contribution in [2.45, 2.75) is 18.7 Å². The Balaban J connectivity index is 2.40. The van der Waals surface area contributed by atoms with E-state index in [4.69, 9.17) is 5.73 Å².